The highest BCUT2D eigenvalue weighted by atomic mass is 35.5. The monoisotopic (exact) mass is 275 g/mol. The molecule has 0 aliphatic carbocycles. The van der Waals surface area contributed by atoms with Crippen LogP contribution < -0.4 is 5.32 Å². The minimum absolute atomic E-state index is 0.529. The van der Waals surface area contributed by atoms with Crippen molar-refractivity contribution in [3.8, 4) is 0 Å². The molecule has 0 aromatic carbocycles. The fourth-order valence-electron chi connectivity index (χ4n) is 1.63. The Morgan fingerprint density at radius 2 is 2.44 bits per heavy atom. The zero-order valence-electron chi connectivity index (χ0n) is 9.07. The third-order valence-electron chi connectivity index (χ3n) is 2.43. The van der Waals surface area contributed by atoms with E-state index in [1.165, 1.54) is 24.6 Å². The van der Waals surface area contributed by atoms with Crippen LogP contribution in [0.25, 0.3) is 0 Å². The van der Waals surface area contributed by atoms with E-state index in [9.17, 15) is 0 Å². The molecule has 0 amide bonds. The lowest BCUT2D eigenvalue weighted by atomic mass is 10.3. The van der Waals surface area contributed by atoms with Gasteiger partial charge in [-0.15, -0.1) is 11.8 Å². The lowest BCUT2D eigenvalue weighted by Crippen LogP contribution is -2.23. The van der Waals surface area contributed by atoms with Crippen LogP contribution in [0.4, 0.5) is 0 Å². The van der Waals surface area contributed by atoms with Gasteiger partial charge in [-0.2, -0.15) is 0 Å². The first-order valence-electron chi connectivity index (χ1n) is 5.22. The molecule has 2 heterocycles. The Morgan fingerprint density at radius 3 is 3.12 bits per heavy atom. The highest BCUT2D eigenvalue weighted by Crippen LogP contribution is 2.23. The van der Waals surface area contributed by atoms with E-state index in [0.717, 1.165) is 22.5 Å². The van der Waals surface area contributed by atoms with Gasteiger partial charge in [0.1, 0.15) is 10.2 Å². The molecule has 1 atom stereocenters. The van der Waals surface area contributed by atoms with Gasteiger partial charge < -0.3 is 5.32 Å². The Labute approximate surface area is 109 Å². The summed E-state index contributed by atoms with van der Waals surface area (Å²) in [6.45, 7) is 1.14. The van der Waals surface area contributed by atoms with E-state index >= 15 is 0 Å². The highest BCUT2D eigenvalue weighted by Gasteiger charge is 2.14. The molecular weight excluding hydrogens is 262 g/mol. The highest BCUT2D eigenvalue weighted by molar-refractivity contribution is 7.99. The molecule has 1 aliphatic rings. The van der Waals surface area contributed by atoms with Crippen molar-refractivity contribution in [2.24, 2.45) is 0 Å². The molecule has 0 unspecified atom stereocenters. The van der Waals surface area contributed by atoms with E-state index in [1.807, 2.05) is 12.3 Å². The first kappa shape index (κ1) is 12.5. The summed E-state index contributed by atoms with van der Waals surface area (Å²) >= 11 is 9.20. The fourth-order valence-corrected chi connectivity index (χ4v) is 3.36. The van der Waals surface area contributed by atoms with Gasteiger partial charge in [-0.1, -0.05) is 23.4 Å². The van der Waals surface area contributed by atoms with Crippen molar-refractivity contribution < 1.29 is 0 Å². The Balaban J connectivity index is 1.94. The van der Waals surface area contributed by atoms with Crippen molar-refractivity contribution in [3.63, 3.8) is 0 Å². The molecule has 1 aliphatic heterocycles. The Hall–Kier alpha value is 0.0300. The standard InChI is InChI=1S/C10H14ClN3S2/c1-15-10-13-8(11)5-9(14-10)16-6-7-3-2-4-12-7/h5,7,12H,2-4,6H2,1H3/t7-/m0/s1. The smallest absolute Gasteiger partial charge is 0.189 e. The molecule has 2 rings (SSSR count). The molecule has 0 saturated carbocycles. The summed E-state index contributed by atoms with van der Waals surface area (Å²) < 4.78 is 0. The molecular formula is C10H14ClN3S2. The van der Waals surface area contributed by atoms with Crippen molar-refractivity contribution in [2.45, 2.75) is 29.1 Å². The van der Waals surface area contributed by atoms with Crippen molar-refractivity contribution in [1.82, 2.24) is 15.3 Å². The number of thioether (sulfide) groups is 2. The van der Waals surface area contributed by atoms with E-state index in [4.69, 9.17) is 11.6 Å². The maximum absolute atomic E-state index is 5.93. The van der Waals surface area contributed by atoms with Crippen molar-refractivity contribution in [3.05, 3.63) is 11.2 Å². The van der Waals surface area contributed by atoms with Gasteiger partial charge >= 0.3 is 0 Å². The second-order valence-corrected chi connectivity index (χ2v) is 5.82. The number of aromatic nitrogens is 2. The quantitative estimate of drug-likeness (QED) is 0.520. The topological polar surface area (TPSA) is 37.8 Å². The average Bonchev–Trinajstić information content (AvgIpc) is 2.78. The first-order valence-corrected chi connectivity index (χ1v) is 7.81. The van der Waals surface area contributed by atoms with Crippen LogP contribution in [0, 0.1) is 0 Å². The molecule has 0 spiro atoms. The summed E-state index contributed by atoms with van der Waals surface area (Å²) in [4.78, 5) is 8.54. The van der Waals surface area contributed by atoms with E-state index in [1.54, 1.807) is 11.8 Å². The predicted molar refractivity (Wildman–Crippen MR) is 70.6 cm³/mol. The number of nitrogens with zero attached hydrogens (tertiary/aromatic N) is 2. The van der Waals surface area contributed by atoms with Crippen molar-refractivity contribution in [2.75, 3.05) is 18.6 Å². The molecule has 88 valence electrons. The third-order valence-corrected chi connectivity index (χ3v) is 4.24. The second kappa shape index (κ2) is 6.10. The maximum atomic E-state index is 5.93. The van der Waals surface area contributed by atoms with Gasteiger partial charge in [-0.25, -0.2) is 9.97 Å². The van der Waals surface area contributed by atoms with Gasteiger partial charge in [0.25, 0.3) is 0 Å². The number of nitrogens with one attached hydrogen (secondary N) is 1. The average molecular weight is 276 g/mol. The van der Waals surface area contributed by atoms with E-state index in [-0.39, 0.29) is 0 Å². The molecule has 6 heteroatoms. The van der Waals surface area contributed by atoms with Gasteiger partial charge in [0, 0.05) is 17.9 Å². The van der Waals surface area contributed by atoms with Gasteiger partial charge in [0.2, 0.25) is 0 Å². The molecule has 3 nitrogen and oxygen atoms in total. The SMILES string of the molecule is CSc1nc(Cl)cc(SC[C@@H]2CCCN2)n1. The zero-order chi connectivity index (χ0) is 11.4. The van der Waals surface area contributed by atoms with Crippen LogP contribution in [0.3, 0.4) is 0 Å². The lowest BCUT2D eigenvalue weighted by Gasteiger charge is -2.09. The number of hydrogen-bond donors (Lipinski definition) is 1. The minimum atomic E-state index is 0.529. The number of rotatable bonds is 4. The van der Waals surface area contributed by atoms with Crippen LogP contribution in [0.2, 0.25) is 5.15 Å². The minimum Gasteiger partial charge on any atom is -0.313 e. The summed E-state index contributed by atoms with van der Waals surface area (Å²) in [6.07, 6.45) is 4.51. The van der Waals surface area contributed by atoms with Crippen LogP contribution >= 0.6 is 35.1 Å². The van der Waals surface area contributed by atoms with Crippen LogP contribution in [-0.4, -0.2) is 34.6 Å². The van der Waals surface area contributed by atoms with E-state index in [0.29, 0.717) is 11.2 Å². The first-order chi connectivity index (χ1) is 7.78. The largest absolute Gasteiger partial charge is 0.313 e. The molecule has 1 fully saturated rings. The molecule has 1 N–H and O–H groups in total. The third kappa shape index (κ3) is 3.52. The molecule has 1 saturated heterocycles. The van der Waals surface area contributed by atoms with Crippen LogP contribution in [0.5, 0.6) is 0 Å². The molecule has 1 aromatic heterocycles. The Bertz CT molecular complexity index is 356. The summed E-state index contributed by atoms with van der Waals surface area (Å²) in [5, 5.41) is 5.71. The van der Waals surface area contributed by atoms with Gasteiger partial charge in [0.05, 0.1) is 0 Å². The Kier molecular flexibility index (Phi) is 4.76. The summed E-state index contributed by atoms with van der Waals surface area (Å²) in [5.74, 6) is 1.06. The molecule has 16 heavy (non-hydrogen) atoms. The molecule has 0 bridgehead atoms. The van der Waals surface area contributed by atoms with E-state index < -0.39 is 0 Å². The normalized spacial score (nSPS) is 20.2. The van der Waals surface area contributed by atoms with Crippen LogP contribution in [0.1, 0.15) is 12.8 Å². The van der Waals surface area contributed by atoms with Gasteiger partial charge in [0.15, 0.2) is 5.16 Å². The van der Waals surface area contributed by atoms with Gasteiger partial charge in [-0.3, -0.25) is 0 Å². The van der Waals surface area contributed by atoms with Crippen molar-refractivity contribution >= 4 is 35.1 Å². The number of hydrogen-bond acceptors (Lipinski definition) is 5. The summed E-state index contributed by atoms with van der Waals surface area (Å²) in [5.41, 5.74) is 0. The maximum Gasteiger partial charge on any atom is 0.189 e. The lowest BCUT2D eigenvalue weighted by molar-refractivity contribution is 0.673. The molecule has 0 radical (unpaired) electrons. The zero-order valence-corrected chi connectivity index (χ0v) is 11.5. The van der Waals surface area contributed by atoms with Gasteiger partial charge in [-0.05, 0) is 25.6 Å². The number of halogens is 1. The second-order valence-electron chi connectivity index (χ2n) is 3.62. The van der Waals surface area contributed by atoms with Crippen LogP contribution in [-0.2, 0) is 0 Å². The van der Waals surface area contributed by atoms with E-state index in [2.05, 4.69) is 15.3 Å². The molecule has 1 aromatic rings. The predicted octanol–water partition coefficient (Wildman–Crippen LogP) is 2.70. The van der Waals surface area contributed by atoms with Crippen molar-refractivity contribution in [1.29, 1.82) is 0 Å². The summed E-state index contributed by atoms with van der Waals surface area (Å²) in [7, 11) is 0. The summed E-state index contributed by atoms with van der Waals surface area (Å²) in [6, 6.07) is 2.46. The van der Waals surface area contributed by atoms with Crippen LogP contribution in [0.15, 0.2) is 16.2 Å². The Morgan fingerprint density at radius 1 is 1.56 bits per heavy atom. The fraction of sp³-hybridized carbons (Fsp3) is 0.600.